The molecule has 5 nitrogen and oxygen atoms in total. The van der Waals surface area contributed by atoms with Gasteiger partial charge in [0.05, 0.1) is 18.3 Å². The quantitative estimate of drug-likeness (QED) is 0.401. The lowest BCUT2D eigenvalue weighted by atomic mass is 10.0. The molecule has 36 heavy (non-hydrogen) atoms. The number of hydrogen-bond acceptors (Lipinski definition) is 3. The topological polar surface area (TPSA) is 40.5 Å². The standard InChI is InChI=1S/C29H29FN4OS/c1-32-17-14-23-24-18-34(29(35)31-15-13-20-6-3-2-4-7-20)27(21-9-11-22(30)12-10-21)25-8-5-16-33(25)28(24)36-26(23)19-32/h2-12,16,27H,13-15,17-19H2,1H3,(H,31,35)/t27-/m1/s1. The largest absolute Gasteiger partial charge is 0.338 e. The molecular formula is C29H29FN4OS. The average Bonchev–Trinajstić information content (AvgIpc) is 3.47. The van der Waals surface area contributed by atoms with Gasteiger partial charge in [-0.15, -0.1) is 11.3 Å². The number of carbonyl (C=O) groups is 1. The number of likely N-dealkylation sites (N-methyl/N-ethyl adjacent to an activating group) is 1. The van der Waals surface area contributed by atoms with E-state index in [1.54, 1.807) is 12.1 Å². The summed E-state index contributed by atoms with van der Waals surface area (Å²) in [5.74, 6) is -0.279. The number of thiophene rings is 1. The first-order valence-electron chi connectivity index (χ1n) is 12.4. The van der Waals surface area contributed by atoms with E-state index in [-0.39, 0.29) is 17.9 Å². The average molecular weight is 501 g/mol. The van der Waals surface area contributed by atoms with Crippen molar-refractivity contribution < 1.29 is 9.18 Å². The van der Waals surface area contributed by atoms with Crippen molar-refractivity contribution in [1.29, 1.82) is 0 Å². The van der Waals surface area contributed by atoms with Gasteiger partial charge in [-0.25, -0.2) is 9.18 Å². The molecule has 0 saturated carbocycles. The van der Waals surface area contributed by atoms with Crippen LogP contribution in [0.25, 0.3) is 5.00 Å². The molecule has 4 aromatic rings. The summed E-state index contributed by atoms with van der Waals surface area (Å²) in [5, 5.41) is 4.37. The third-order valence-corrected chi connectivity index (χ3v) is 8.49. The van der Waals surface area contributed by atoms with Gasteiger partial charge in [0, 0.05) is 36.3 Å². The molecule has 2 aliphatic rings. The molecule has 2 aromatic heterocycles. The van der Waals surface area contributed by atoms with Crippen molar-refractivity contribution in [3.8, 4) is 5.00 Å². The van der Waals surface area contributed by atoms with Crippen LogP contribution in [0.15, 0.2) is 72.9 Å². The molecule has 0 aliphatic carbocycles. The smallest absolute Gasteiger partial charge is 0.318 e. The van der Waals surface area contributed by atoms with E-state index in [2.05, 4.69) is 46.2 Å². The second-order valence-corrected chi connectivity index (χ2v) is 10.7. The maximum Gasteiger partial charge on any atom is 0.318 e. The van der Waals surface area contributed by atoms with E-state index in [9.17, 15) is 9.18 Å². The fourth-order valence-electron chi connectivity index (χ4n) is 5.41. The van der Waals surface area contributed by atoms with Gasteiger partial charge >= 0.3 is 6.03 Å². The minimum absolute atomic E-state index is 0.103. The number of nitrogens with zero attached hydrogens (tertiary/aromatic N) is 3. The van der Waals surface area contributed by atoms with Crippen LogP contribution in [-0.4, -0.2) is 40.5 Å². The van der Waals surface area contributed by atoms with Crippen molar-refractivity contribution in [1.82, 2.24) is 19.7 Å². The van der Waals surface area contributed by atoms with Crippen LogP contribution in [0.1, 0.15) is 38.9 Å². The molecule has 0 spiro atoms. The third kappa shape index (κ3) is 4.22. The van der Waals surface area contributed by atoms with Crippen molar-refractivity contribution in [2.45, 2.75) is 32.0 Å². The lowest BCUT2D eigenvalue weighted by molar-refractivity contribution is 0.180. The zero-order valence-corrected chi connectivity index (χ0v) is 21.1. The third-order valence-electron chi connectivity index (χ3n) is 7.23. The molecule has 4 heterocycles. The number of benzene rings is 2. The highest BCUT2D eigenvalue weighted by atomic mass is 32.1. The van der Waals surface area contributed by atoms with Crippen LogP contribution in [0.3, 0.4) is 0 Å². The van der Waals surface area contributed by atoms with Gasteiger partial charge in [-0.05, 0) is 60.8 Å². The maximum atomic E-state index is 13.8. The number of aromatic nitrogens is 1. The lowest BCUT2D eigenvalue weighted by Crippen LogP contribution is -2.42. The van der Waals surface area contributed by atoms with Crippen molar-refractivity contribution in [3.05, 3.63) is 112 Å². The lowest BCUT2D eigenvalue weighted by Gasteiger charge is -2.32. The van der Waals surface area contributed by atoms with E-state index < -0.39 is 0 Å². The molecule has 184 valence electrons. The number of fused-ring (bicyclic) bond motifs is 5. The van der Waals surface area contributed by atoms with Crippen LogP contribution in [-0.2, 0) is 25.9 Å². The number of halogens is 1. The number of nitrogens with one attached hydrogen (secondary N) is 1. The summed E-state index contributed by atoms with van der Waals surface area (Å²) >= 11 is 1.83. The Kier molecular flexibility index (Phi) is 6.11. The first kappa shape index (κ1) is 23.0. The number of rotatable bonds is 4. The molecule has 0 saturated heterocycles. The monoisotopic (exact) mass is 500 g/mol. The van der Waals surface area contributed by atoms with Crippen LogP contribution in [0.5, 0.6) is 0 Å². The van der Waals surface area contributed by atoms with Crippen molar-refractivity contribution >= 4 is 17.4 Å². The molecule has 2 aromatic carbocycles. The summed E-state index contributed by atoms with van der Waals surface area (Å²) in [4.78, 5) is 19.5. The van der Waals surface area contributed by atoms with Crippen LogP contribution < -0.4 is 5.32 Å². The van der Waals surface area contributed by atoms with Gasteiger partial charge in [0.2, 0.25) is 0 Å². The predicted octanol–water partition coefficient (Wildman–Crippen LogP) is 5.52. The number of urea groups is 1. The Morgan fingerprint density at radius 1 is 1.03 bits per heavy atom. The van der Waals surface area contributed by atoms with Gasteiger partial charge in [0.1, 0.15) is 10.8 Å². The predicted molar refractivity (Wildman–Crippen MR) is 141 cm³/mol. The number of amides is 2. The molecule has 2 amide bonds. The molecule has 1 atom stereocenters. The first-order valence-corrected chi connectivity index (χ1v) is 13.2. The Bertz CT molecular complexity index is 1380. The summed E-state index contributed by atoms with van der Waals surface area (Å²) in [5.41, 5.74) is 5.73. The molecule has 0 unspecified atom stereocenters. The zero-order valence-electron chi connectivity index (χ0n) is 20.3. The molecule has 1 N–H and O–H groups in total. The van der Waals surface area contributed by atoms with E-state index in [0.29, 0.717) is 13.1 Å². The molecule has 2 aliphatic heterocycles. The van der Waals surface area contributed by atoms with Gasteiger partial charge < -0.3 is 19.7 Å². The van der Waals surface area contributed by atoms with Crippen LogP contribution in [0.2, 0.25) is 0 Å². The summed E-state index contributed by atoms with van der Waals surface area (Å²) in [6.07, 6.45) is 3.84. The Hall–Kier alpha value is -3.42. The summed E-state index contributed by atoms with van der Waals surface area (Å²) in [6.45, 7) is 3.02. The minimum Gasteiger partial charge on any atom is -0.338 e. The fourth-order valence-corrected chi connectivity index (χ4v) is 6.85. The van der Waals surface area contributed by atoms with Crippen LogP contribution in [0, 0.1) is 5.82 Å². The first-order chi connectivity index (χ1) is 17.6. The normalized spacial score (nSPS) is 17.2. The van der Waals surface area contributed by atoms with E-state index in [0.717, 1.165) is 37.2 Å². The van der Waals surface area contributed by atoms with Crippen molar-refractivity contribution in [2.75, 3.05) is 20.1 Å². The Balaban J connectivity index is 1.39. The SMILES string of the molecule is CN1CCc2c(sc3c2CN(C(=O)NCCc2ccccc2)[C@H](c2ccc(F)cc2)c2cccn2-3)C1. The van der Waals surface area contributed by atoms with Gasteiger partial charge in [-0.3, -0.25) is 0 Å². The van der Waals surface area contributed by atoms with Gasteiger partial charge in [-0.2, -0.15) is 0 Å². The molecule has 0 fully saturated rings. The van der Waals surface area contributed by atoms with E-state index in [1.807, 2.05) is 40.5 Å². The van der Waals surface area contributed by atoms with Crippen molar-refractivity contribution in [3.63, 3.8) is 0 Å². The molecule has 6 rings (SSSR count). The second-order valence-electron chi connectivity index (χ2n) is 9.63. The second kappa shape index (κ2) is 9.56. The molecule has 0 radical (unpaired) electrons. The number of carbonyl (C=O) groups excluding carboxylic acids is 1. The van der Waals surface area contributed by atoms with Crippen LogP contribution >= 0.6 is 11.3 Å². The Labute approximate surface area is 214 Å². The summed E-state index contributed by atoms with van der Waals surface area (Å²) in [6, 6.07) is 20.4. The zero-order chi connectivity index (χ0) is 24.6. The molecule has 0 bridgehead atoms. The fraction of sp³-hybridized carbons (Fsp3) is 0.276. The van der Waals surface area contributed by atoms with E-state index in [4.69, 9.17) is 0 Å². The van der Waals surface area contributed by atoms with E-state index in [1.165, 1.54) is 38.7 Å². The molecule has 7 heteroatoms. The van der Waals surface area contributed by atoms with Gasteiger partial charge in [0.15, 0.2) is 0 Å². The van der Waals surface area contributed by atoms with Crippen molar-refractivity contribution in [2.24, 2.45) is 0 Å². The Morgan fingerprint density at radius 3 is 2.64 bits per heavy atom. The summed E-state index contributed by atoms with van der Waals surface area (Å²) in [7, 11) is 2.16. The van der Waals surface area contributed by atoms with E-state index >= 15 is 0 Å². The van der Waals surface area contributed by atoms with Gasteiger partial charge in [-0.1, -0.05) is 42.5 Å². The molecular weight excluding hydrogens is 471 g/mol. The Morgan fingerprint density at radius 2 is 1.83 bits per heavy atom. The summed E-state index contributed by atoms with van der Waals surface area (Å²) < 4.78 is 16.1. The highest BCUT2D eigenvalue weighted by Crippen LogP contribution is 2.43. The van der Waals surface area contributed by atoms with Gasteiger partial charge in [0.25, 0.3) is 0 Å². The highest BCUT2D eigenvalue weighted by Gasteiger charge is 2.36. The van der Waals surface area contributed by atoms with Crippen LogP contribution in [0.4, 0.5) is 9.18 Å². The minimum atomic E-state index is -0.321. The number of hydrogen-bond donors (Lipinski definition) is 1. The highest BCUT2D eigenvalue weighted by molar-refractivity contribution is 7.15. The maximum absolute atomic E-state index is 13.8.